The fraction of sp³-hybridized carbons (Fsp3) is 0.553. The molecule has 0 bridgehead atoms. The average molecular weight is 815 g/mol. The molecule has 2 aromatic carbocycles. The standard InChI is InChI=1S/C28H34N6O8.C10H28N6/c1-20(35)32-24(17-26(37)42-19-22-10-6-3-7-11-22)28(39)33-23(27(38)30-12-14-40-15-13-31-34-29)16-25(36)41-18-21-8-4-2-5-9-21;11-1-3-13-5-7-15-9-10-16-8-6-14-4-2-12/h2-11,23-24H,12-19H2,1H3,(H,30,38)(H,32,35)(H,33,39);13-16H,1-12H2/t23-,24+;/m0./s1. The summed E-state index contributed by atoms with van der Waals surface area (Å²) in [6.45, 7) is 10.6. The predicted molar refractivity (Wildman–Crippen MR) is 219 cm³/mol. The second-order valence-electron chi connectivity index (χ2n) is 12.5. The van der Waals surface area contributed by atoms with Crippen molar-refractivity contribution in [2.45, 2.75) is 45.1 Å². The van der Waals surface area contributed by atoms with Gasteiger partial charge < -0.3 is 62.9 Å². The molecule has 58 heavy (non-hydrogen) atoms. The first-order chi connectivity index (χ1) is 28.2. The van der Waals surface area contributed by atoms with Crippen molar-refractivity contribution in [1.82, 2.24) is 37.2 Å². The number of amides is 3. The van der Waals surface area contributed by atoms with Gasteiger partial charge in [-0.25, -0.2) is 0 Å². The zero-order valence-electron chi connectivity index (χ0n) is 33.4. The van der Waals surface area contributed by atoms with E-state index in [1.807, 2.05) is 12.1 Å². The molecule has 0 aliphatic heterocycles. The van der Waals surface area contributed by atoms with Gasteiger partial charge in [0.2, 0.25) is 17.7 Å². The van der Waals surface area contributed by atoms with E-state index in [1.54, 1.807) is 48.5 Å². The third-order valence-corrected chi connectivity index (χ3v) is 7.58. The molecule has 11 N–H and O–H groups in total. The van der Waals surface area contributed by atoms with Crippen molar-refractivity contribution in [2.75, 3.05) is 91.8 Å². The number of carbonyl (C=O) groups excluding carboxylic acids is 5. The highest BCUT2D eigenvalue weighted by molar-refractivity contribution is 5.95. The van der Waals surface area contributed by atoms with Crippen LogP contribution in [0.3, 0.4) is 0 Å². The summed E-state index contributed by atoms with van der Waals surface area (Å²) in [5, 5.41) is 23.8. The predicted octanol–water partition coefficient (Wildman–Crippen LogP) is -1.05. The summed E-state index contributed by atoms with van der Waals surface area (Å²) < 4.78 is 15.7. The van der Waals surface area contributed by atoms with Gasteiger partial charge in [-0.3, -0.25) is 24.0 Å². The summed E-state index contributed by atoms with van der Waals surface area (Å²) in [5.74, 6) is -3.69. The van der Waals surface area contributed by atoms with Crippen LogP contribution in [0.15, 0.2) is 65.8 Å². The van der Waals surface area contributed by atoms with E-state index in [2.05, 4.69) is 47.2 Å². The molecule has 0 radical (unpaired) electrons. The van der Waals surface area contributed by atoms with Crippen LogP contribution in [-0.2, 0) is 51.4 Å². The maximum atomic E-state index is 13.1. The Balaban J connectivity index is 0.000000883. The van der Waals surface area contributed by atoms with Crippen molar-refractivity contribution in [3.63, 3.8) is 0 Å². The van der Waals surface area contributed by atoms with E-state index >= 15 is 0 Å². The van der Waals surface area contributed by atoms with Crippen LogP contribution in [0, 0.1) is 0 Å². The highest BCUT2D eigenvalue weighted by Crippen LogP contribution is 2.07. The van der Waals surface area contributed by atoms with Crippen molar-refractivity contribution >= 4 is 29.7 Å². The van der Waals surface area contributed by atoms with Crippen molar-refractivity contribution in [3.05, 3.63) is 82.2 Å². The second-order valence-corrected chi connectivity index (χ2v) is 12.5. The summed E-state index contributed by atoms with van der Waals surface area (Å²) in [6.07, 6.45) is -1.03. The Morgan fingerprint density at radius 1 is 0.638 bits per heavy atom. The number of rotatable bonds is 31. The van der Waals surface area contributed by atoms with Gasteiger partial charge in [0.15, 0.2) is 0 Å². The number of carbonyl (C=O) groups is 5. The Labute approximate surface area is 340 Å². The Kier molecular flexibility index (Phi) is 30.7. The third-order valence-electron chi connectivity index (χ3n) is 7.58. The van der Waals surface area contributed by atoms with Crippen molar-refractivity contribution in [1.29, 1.82) is 0 Å². The lowest BCUT2D eigenvalue weighted by atomic mass is 10.1. The molecule has 2 atom stereocenters. The van der Waals surface area contributed by atoms with Crippen LogP contribution >= 0.6 is 0 Å². The number of nitrogens with two attached hydrogens (primary N) is 2. The summed E-state index contributed by atoms with van der Waals surface area (Å²) in [4.78, 5) is 65.4. The van der Waals surface area contributed by atoms with Gasteiger partial charge in [-0.1, -0.05) is 65.8 Å². The van der Waals surface area contributed by atoms with Crippen molar-refractivity contribution < 1.29 is 38.2 Å². The van der Waals surface area contributed by atoms with E-state index in [-0.39, 0.29) is 39.5 Å². The van der Waals surface area contributed by atoms with Crippen molar-refractivity contribution in [3.8, 4) is 0 Å². The minimum atomic E-state index is -1.39. The van der Waals surface area contributed by atoms with E-state index in [0.717, 1.165) is 63.5 Å². The highest BCUT2D eigenvalue weighted by Gasteiger charge is 2.30. The number of hydrogen-bond donors (Lipinski definition) is 9. The van der Waals surface area contributed by atoms with E-state index in [0.29, 0.717) is 13.1 Å². The molecule has 0 saturated heterocycles. The Hall–Kier alpha value is -5.18. The topological polar surface area (TPSA) is 298 Å². The van der Waals surface area contributed by atoms with Gasteiger partial charge >= 0.3 is 11.9 Å². The lowest BCUT2D eigenvalue weighted by Gasteiger charge is -2.22. The number of benzene rings is 2. The Morgan fingerprint density at radius 3 is 1.52 bits per heavy atom. The molecule has 20 heteroatoms. The lowest BCUT2D eigenvalue weighted by Crippen LogP contribution is -2.55. The number of nitrogens with zero attached hydrogens (tertiary/aromatic N) is 3. The molecule has 2 rings (SSSR count). The molecule has 20 nitrogen and oxygen atoms in total. The zero-order chi connectivity index (χ0) is 42.5. The smallest absolute Gasteiger partial charge is 0.308 e. The molecule has 0 aliphatic carbocycles. The zero-order valence-corrected chi connectivity index (χ0v) is 33.4. The molecule has 3 amide bonds. The largest absolute Gasteiger partial charge is 0.461 e. The molecule has 0 aromatic heterocycles. The van der Waals surface area contributed by atoms with Crippen LogP contribution < -0.4 is 48.7 Å². The normalized spacial score (nSPS) is 11.4. The van der Waals surface area contributed by atoms with Crippen LogP contribution in [0.2, 0.25) is 0 Å². The number of azide groups is 1. The Morgan fingerprint density at radius 2 is 1.09 bits per heavy atom. The molecule has 2 aromatic rings. The molecular formula is C38H62N12O8. The van der Waals surface area contributed by atoms with Crippen LogP contribution in [-0.4, -0.2) is 133 Å². The van der Waals surface area contributed by atoms with E-state index in [4.69, 9.17) is 31.2 Å². The second kappa shape index (κ2) is 35.0. The van der Waals surface area contributed by atoms with Gasteiger partial charge in [-0.05, 0) is 16.7 Å². The monoisotopic (exact) mass is 814 g/mol. The summed E-state index contributed by atoms with van der Waals surface area (Å²) >= 11 is 0. The first-order valence-corrected chi connectivity index (χ1v) is 19.3. The molecule has 0 heterocycles. The number of nitrogens with one attached hydrogen (secondary N) is 7. The summed E-state index contributed by atoms with van der Waals surface area (Å²) in [5.41, 5.74) is 20.5. The fourth-order valence-electron chi connectivity index (χ4n) is 4.72. The number of ether oxygens (including phenoxy) is 3. The third kappa shape index (κ3) is 28.3. The maximum absolute atomic E-state index is 13.1. The average Bonchev–Trinajstić information content (AvgIpc) is 3.22. The molecule has 0 unspecified atom stereocenters. The summed E-state index contributed by atoms with van der Waals surface area (Å²) in [7, 11) is 0. The maximum Gasteiger partial charge on any atom is 0.308 e. The molecule has 0 saturated carbocycles. The van der Waals surface area contributed by atoms with E-state index < -0.39 is 54.6 Å². The van der Waals surface area contributed by atoms with E-state index in [9.17, 15) is 24.0 Å². The highest BCUT2D eigenvalue weighted by atomic mass is 16.5. The number of esters is 2. The van der Waals surface area contributed by atoms with Gasteiger partial charge in [0.05, 0.1) is 26.1 Å². The van der Waals surface area contributed by atoms with Gasteiger partial charge in [0.25, 0.3) is 0 Å². The van der Waals surface area contributed by atoms with Crippen LogP contribution in [0.4, 0.5) is 0 Å². The molecule has 0 aliphatic rings. The number of hydrogen-bond acceptors (Lipinski definition) is 15. The quantitative estimate of drug-likeness (QED) is 0.0144. The minimum Gasteiger partial charge on any atom is -0.461 e. The molecular weight excluding hydrogens is 752 g/mol. The Bertz CT molecular complexity index is 1460. The van der Waals surface area contributed by atoms with Crippen LogP contribution in [0.1, 0.15) is 30.9 Å². The van der Waals surface area contributed by atoms with Crippen LogP contribution in [0.5, 0.6) is 0 Å². The first-order valence-electron chi connectivity index (χ1n) is 19.3. The first kappa shape index (κ1) is 50.8. The van der Waals surface area contributed by atoms with Gasteiger partial charge in [-0.15, -0.1) is 0 Å². The molecule has 322 valence electrons. The molecule has 0 spiro atoms. The van der Waals surface area contributed by atoms with Gasteiger partial charge in [0, 0.05) is 90.4 Å². The lowest BCUT2D eigenvalue weighted by molar-refractivity contribution is -0.149. The minimum absolute atomic E-state index is 0.0292. The fourth-order valence-corrected chi connectivity index (χ4v) is 4.72. The summed E-state index contributed by atoms with van der Waals surface area (Å²) in [6, 6.07) is 15.0. The molecule has 0 fully saturated rings. The van der Waals surface area contributed by atoms with E-state index in [1.165, 1.54) is 6.92 Å². The van der Waals surface area contributed by atoms with Crippen molar-refractivity contribution in [2.24, 2.45) is 16.6 Å². The van der Waals surface area contributed by atoms with Gasteiger partial charge in [-0.2, -0.15) is 0 Å². The SMILES string of the molecule is CC(=O)N[C@H](CC(=O)OCc1ccccc1)C(=O)N[C@@H](CC(=O)OCc1ccccc1)C(=O)NCCOCCN=[N+]=[N-].NCCNCCNCCNCCNCCN. The van der Waals surface area contributed by atoms with Gasteiger partial charge in [0.1, 0.15) is 25.3 Å². The van der Waals surface area contributed by atoms with Crippen LogP contribution in [0.25, 0.3) is 10.4 Å².